The van der Waals surface area contributed by atoms with E-state index in [9.17, 15) is 14.9 Å². The molecule has 2 aromatic rings. The van der Waals surface area contributed by atoms with Crippen LogP contribution in [0.3, 0.4) is 0 Å². The van der Waals surface area contributed by atoms with Crippen molar-refractivity contribution in [3.05, 3.63) is 62.9 Å². The minimum Gasteiger partial charge on any atom is -0.287 e. The van der Waals surface area contributed by atoms with Crippen LogP contribution in [0.2, 0.25) is 5.02 Å². The van der Waals surface area contributed by atoms with Crippen LogP contribution in [0.5, 0.6) is 0 Å². The number of para-hydroxylation sites is 1. The SMILES string of the molecule is Cn1cc(Cl)c(C(=O)/C=C/c2ccccc2[N+](=O)[O-])n1. The summed E-state index contributed by atoms with van der Waals surface area (Å²) in [6.07, 6.45) is 4.11. The second-order valence-corrected chi connectivity index (χ2v) is 4.42. The Morgan fingerprint density at radius 1 is 1.45 bits per heavy atom. The maximum Gasteiger partial charge on any atom is 0.276 e. The lowest BCUT2D eigenvalue weighted by Gasteiger charge is -1.96. The van der Waals surface area contributed by atoms with Crippen LogP contribution in [0.1, 0.15) is 16.1 Å². The van der Waals surface area contributed by atoms with Crippen LogP contribution in [0, 0.1) is 10.1 Å². The molecule has 0 unspecified atom stereocenters. The number of allylic oxidation sites excluding steroid dienone is 1. The Balaban J connectivity index is 2.28. The van der Waals surface area contributed by atoms with E-state index in [0.717, 1.165) is 0 Å². The standard InChI is InChI=1S/C13H10ClN3O3/c1-16-8-10(14)13(15-16)12(18)7-6-9-4-2-3-5-11(9)17(19)20/h2-8H,1H3/b7-6+. The first-order chi connectivity index (χ1) is 9.49. The Bertz CT molecular complexity index is 707. The summed E-state index contributed by atoms with van der Waals surface area (Å²) in [6.45, 7) is 0. The van der Waals surface area contributed by atoms with E-state index >= 15 is 0 Å². The number of aromatic nitrogens is 2. The van der Waals surface area contributed by atoms with Crippen LogP contribution in [-0.4, -0.2) is 20.5 Å². The highest BCUT2D eigenvalue weighted by atomic mass is 35.5. The summed E-state index contributed by atoms with van der Waals surface area (Å²) in [6, 6.07) is 6.15. The van der Waals surface area contributed by atoms with E-state index in [1.165, 1.54) is 29.1 Å². The van der Waals surface area contributed by atoms with Crippen molar-refractivity contribution in [3.63, 3.8) is 0 Å². The van der Waals surface area contributed by atoms with Gasteiger partial charge in [-0.1, -0.05) is 23.7 Å². The lowest BCUT2D eigenvalue weighted by molar-refractivity contribution is -0.385. The Kier molecular flexibility index (Phi) is 3.95. The molecule has 0 atom stereocenters. The molecule has 0 spiro atoms. The summed E-state index contributed by atoms with van der Waals surface area (Å²) < 4.78 is 1.42. The molecule has 1 aromatic heterocycles. The average molecular weight is 292 g/mol. The second-order valence-electron chi connectivity index (χ2n) is 4.01. The zero-order valence-corrected chi connectivity index (χ0v) is 11.2. The van der Waals surface area contributed by atoms with Gasteiger partial charge >= 0.3 is 0 Å². The van der Waals surface area contributed by atoms with Gasteiger partial charge in [-0.2, -0.15) is 5.10 Å². The summed E-state index contributed by atoms with van der Waals surface area (Å²) >= 11 is 5.86. The minimum absolute atomic E-state index is 0.0660. The van der Waals surface area contributed by atoms with Gasteiger partial charge in [0, 0.05) is 19.3 Å². The van der Waals surface area contributed by atoms with Crippen molar-refractivity contribution in [2.75, 3.05) is 0 Å². The minimum atomic E-state index is -0.502. The third-order valence-corrected chi connectivity index (χ3v) is 2.84. The van der Waals surface area contributed by atoms with Crippen molar-refractivity contribution in [1.29, 1.82) is 0 Å². The highest BCUT2D eigenvalue weighted by molar-refractivity contribution is 6.34. The third-order valence-electron chi connectivity index (χ3n) is 2.57. The van der Waals surface area contributed by atoms with Gasteiger partial charge in [0.1, 0.15) is 0 Å². The normalized spacial score (nSPS) is 10.9. The number of ketones is 1. The predicted molar refractivity (Wildman–Crippen MR) is 74.7 cm³/mol. The molecule has 0 fully saturated rings. The number of hydrogen-bond acceptors (Lipinski definition) is 4. The molecule has 20 heavy (non-hydrogen) atoms. The van der Waals surface area contributed by atoms with Crippen molar-refractivity contribution in [2.45, 2.75) is 0 Å². The van der Waals surface area contributed by atoms with E-state index < -0.39 is 10.7 Å². The van der Waals surface area contributed by atoms with Gasteiger partial charge in [0.15, 0.2) is 5.69 Å². The lowest BCUT2D eigenvalue weighted by atomic mass is 10.1. The quantitative estimate of drug-likeness (QED) is 0.375. The average Bonchev–Trinajstić information content (AvgIpc) is 2.75. The van der Waals surface area contributed by atoms with Gasteiger partial charge in [0.25, 0.3) is 5.69 Å². The number of carbonyl (C=O) groups excluding carboxylic acids is 1. The van der Waals surface area contributed by atoms with Gasteiger partial charge in [0.2, 0.25) is 5.78 Å². The number of rotatable bonds is 4. The number of benzene rings is 1. The predicted octanol–water partition coefficient (Wildman–Crippen LogP) is 2.88. The summed E-state index contributed by atoms with van der Waals surface area (Å²) in [5.74, 6) is -0.409. The molecule has 0 radical (unpaired) electrons. The van der Waals surface area contributed by atoms with Gasteiger partial charge in [-0.3, -0.25) is 19.6 Å². The van der Waals surface area contributed by atoms with Crippen LogP contribution < -0.4 is 0 Å². The number of hydrogen-bond donors (Lipinski definition) is 0. The van der Waals surface area contributed by atoms with Crippen LogP contribution in [0.25, 0.3) is 6.08 Å². The van der Waals surface area contributed by atoms with E-state index in [4.69, 9.17) is 11.6 Å². The molecule has 6 nitrogen and oxygen atoms in total. The molecule has 7 heteroatoms. The van der Waals surface area contributed by atoms with E-state index in [1.54, 1.807) is 25.2 Å². The molecule has 0 amide bonds. The number of nitro groups is 1. The first kappa shape index (κ1) is 14.0. The topological polar surface area (TPSA) is 78.0 Å². The fourth-order valence-electron chi connectivity index (χ4n) is 1.67. The number of nitrogens with zero attached hydrogens (tertiary/aromatic N) is 3. The van der Waals surface area contributed by atoms with Crippen molar-refractivity contribution < 1.29 is 9.72 Å². The molecule has 1 aromatic carbocycles. The highest BCUT2D eigenvalue weighted by Gasteiger charge is 2.13. The second kappa shape index (κ2) is 5.66. The van der Waals surface area contributed by atoms with Gasteiger partial charge in [-0.15, -0.1) is 0 Å². The smallest absolute Gasteiger partial charge is 0.276 e. The van der Waals surface area contributed by atoms with E-state index in [-0.39, 0.29) is 16.4 Å². The molecule has 0 saturated carbocycles. The van der Waals surface area contributed by atoms with Crippen LogP contribution in [0.15, 0.2) is 36.5 Å². The van der Waals surface area contributed by atoms with E-state index in [1.807, 2.05) is 0 Å². The maximum absolute atomic E-state index is 11.9. The third kappa shape index (κ3) is 2.92. The molecule has 0 N–H and O–H groups in total. The highest BCUT2D eigenvalue weighted by Crippen LogP contribution is 2.20. The van der Waals surface area contributed by atoms with Crippen molar-refractivity contribution in [2.24, 2.45) is 7.05 Å². The zero-order chi connectivity index (χ0) is 14.7. The molecule has 0 saturated heterocycles. The summed E-state index contributed by atoms with van der Waals surface area (Å²) in [7, 11) is 1.65. The summed E-state index contributed by atoms with van der Waals surface area (Å²) in [4.78, 5) is 22.3. The number of nitro benzene ring substituents is 1. The Morgan fingerprint density at radius 3 is 2.75 bits per heavy atom. The van der Waals surface area contributed by atoms with Crippen molar-refractivity contribution in [1.82, 2.24) is 9.78 Å². The molecule has 0 aliphatic carbocycles. The first-order valence-corrected chi connectivity index (χ1v) is 6.02. The molecule has 0 aliphatic rings. The molecule has 0 aliphatic heterocycles. The molecule has 2 rings (SSSR count). The fraction of sp³-hybridized carbons (Fsp3) is 0.0769. The number of halogens is 1. The molecular weight excluding hydrogens is 282 g/mol. The molecular formula is C13H10ClN3O3. The lowest BCUT2D eigenvalue weighted by Crippen LogP contribution is -1.98. The zero-order valence-electron chi connectivity index (χ0n) is 10.5. The van der Waals surface area contributed by atoms with E-state index in [0.29, 0.717) is 5.56 Å². The summed E-state index contributed by atoms with van der Waals surface area (Å²) in [5.41, 5.74) is 0.394. The van der Waals surface area contributed by atoms with Gasteiger partial charge in [-0.25, -0.2) is 0 Å². The molecule has 1 heterocycles. The monoisotopic (exact) mass is 291 g/mol. The van der Waals surface area contributed by atoms with Gasteiger partial charge < -0.3 is 0 Å². The Labute approximate surface area is 119 Å². The van der Waals surface area contributed by atoms with E-state index in [2.05, 4.69) is 5.10 Å². The van der Waals surface area contributed by atoms with Crippen molar-refractivity contribution >= 4 is 29.1 Å². The maximum atomic E-state index is 11.9. The Morgan fingerprint density at radius 2 is 2.15 bits per heavy atom. The van der Waals surface area contributed by atoms with Gasteiger partial charge in [0.05, 0.1) is 15.5 Å². The molecule has 0 bridgehead atoms. The summed E-state index contributed by atoms with van der Waals surface area (Å²) in [5, 5.41) is 15.0. The Hall–Kier alpha value is -2.47. The number of carbonyl (C=O) groups is 1. The van der Waals surface area contributed by atoms with Crippen molar-refractivity contribution in [3.8, 4) is 0 Å². The largest absolute Gasteiger partial charge is 0.287 e. The fourth-order valence-corrected chi connectivity index (χ4v) is 1.94. The number of aryl methyl sites for hydroxylation is 1. The van der Waals surface area contributed by atoms with Crippen LogP contribution in [-0.2, 0) is 7.05 Å². The van der Waals surface area contributed by atoms with Crippen LogP contribution in [0.4, 0.5) is 5.69 Å². The van der Waals surface area contributed by atoms with Gasteiger partial charge in [-0.05, 0) is 18.2 Å². The first-order valence-electron chi connectivity index (χ1n) is 5.64. The molecule has 102 valence electrons. The van der Waals surface area contributed by atoms with Crippen LogP contribution >= 0.6 is 11.6 Å².